The molecule has 0 atom stereocenters. The van der Waals surface area contributed by atoms with Crippen LogP contribution >= 0.6 is 11.3 Å². The zero-order valence-electron chi connectivity index (χ0n) is 17.7. The van der Waals surface area contributed by atoms with Crippen molar-refractivity contribution in [2.24, 2.45) is 4.99 Å². The summed E-state index contributed by atoms with van der Waals surface area (Å²) in [5, 5.41) is 11.1. The summed E-state index contributed by atoms with van der Waals surface area (Å²) >= 11 is 1.10. The Labute approximate surface area is 193 Å². The molecular weight excluding hydrogens is 470 g/mol. The van der Waals surface area contributed by atoms with E-state index in [4.69, 9.17) is 4.74 Å². The molecule has 2 aromatic carbocycles. The maximum Gasteiger partial charge on any atom is 0.326 e. The second-order valence-corrected chi connectivity index (χ2v) is 10.0. The smallest absolute Gasteiger partial charge is 0.326 e. The third kappa shape index (κ3) is 6.11. The maximum atomic E-state index is 12.5. The molecule has 0 bridgehead atoms. The highest BCUT2D eigenvalue weighted by molar-refractivity contribution is 7.91. The first-order valence-corrected chi connectivity index (χ1v) is 12.5. The lowest BCUT2D eigenvalue weighted by atomic mass is 10.3. The van der Waals surface area contributed by atoms with Crippen LogP contribution in [0.4, 0.5) is 5.69 Å². The summed E-state index contributed by atoms with van der Waals surface area (Å²) in [5.74, 6) is -1.34. The molecule has 0 aliphatic rings. The van der Waals surface area contributed by atoms with Crippen LogP contribution in [-0.2, 0) is 30.7 Å². The van der Waals surface area contributed by atoms with E-state index in [0.29, 0.717) is 10.2 Å². The lowest BCUT2D eigenvalue weighted by molar-refractivity contribution is -0.384. The molecule has 3 aromatic rings. The number of nitro groups is 1. The van der Waals surface area contributed by atoms with Gasteiger partial charge in [-0.1, -0.05) is 29.5 Å². The van der Waals surface area contributed by atoms with Crippen molar-refractivity contribution >= 4 is 49.0 Å². The Balaban J connectivity index is 1.84. The van der Waals surface area contributed by atoms with Crippen LogP contribution in [0.15, 0.2) is 58.4 Å². The number of hydrogen-bond acceptors (Lipinski definition) is 8. The quantitative estimate of drug-likeness (QED) is 0.255. The lowest BCUT2D eigenvalue weighted by Gasteiger charge is -2.05. The molecule has 0 saturated heterocycles. The highest BCUT2D eigenvalue weighted by Crippen LogP contribution is 2.23. The molecule has 12 heteroatoms. The first-order valence-electron chi connectivity index (χ1n) is 10.00. The number of carbonyl (C=O) groups excluding carboxylic acids is 2. The minimum absolute atomic E-state index is 0.0772. The van der Waals surface area contributed by atoms with Gasteiger partial charge < -0.3 is 9.30 Å². The summed E-state index contributed by atoms with van der Waals surface area (Å²) in [7, 11) is -3.51. The average molecular weight is 492 g/mol. The number of ether oxygens (including phenoxy) is 1. The van der Waals surface area contributed by atoms with E-state index in [2.05, 4.69) is 4.99 Å². The van der Waals surface area contributed by atoms with E-state index in [1.54, 1.807) is 25.1 Å². The number of nitrogens with zero attached hydrogens (tertiary/aromatic N) is 3. The Morgan fingerprint density at radius 3 is 2.58 bits per heavy atom. The number of nitro benzene ring substituents is 1. The predicted molar refractivity (Wildman–Crippen MR) is 121 cm³/mol. The molecule has 0 radical (unpaired) electrons. The summed E-state index contributed by atoms with van der Waals surface area (Å²) in [6.07, 6.45) is -0.0341. The highest BCUT2D eigenvalue weighted by Gasteiger charge is 2.17. The van der Waals surface area contributed by atoms with Gasteiger partial charge in [0, 0.05) is 18.6 Å². The van der Waals surface area contributed by atoms with Gasteiger partial charge in [0.1, 0.15) is 6.54 Å². The molecule has 3 rings (SSSR count). The Hall–Kier alpha value is -3.38. The molecule has 1 aromatic heterocycles. The van der Waals surface area contributed by atoms with Crippen molar-refractivity contribution in [2.75, 3.05) is 12.4 Å². The van der Waals surface area contributed by atoms with Crippen molar-refractivity contribution < 1.29 is 27.7 Å². The fraction of sp³-hybridized carbons (Fsp3) is 0.286. The molecular formula is C21H21N3O7S2. The molecule has 0 saturated carbocycles. The van der Waals surface area contributed by atoms with Gasteiger partial charge in [-0.15, -0.1) is 0 Å². The second kappa shape index (κ2) is 10.5. The number of benzene rings is 2. The Kier molecular flexibility index (Phi) is 7.71. The molecule has 0 fully saturated rings. The number of thiazole rings is 1. The number of hydrogen-bond donors (Lipinski definition) is 0. The van der Waals surface area contributed by atoms with E-state index in [-0.39, 0.29) is 47.1 Å². The van der Waals surface area contributed by atoms with Crippen molar-refractivity contribution in [3.63, 3.8) is 0 Å². The van der Waals surface area contributed by atoms with Crippen LogP contribution in [0.25, 0.3) is 10.2 Å². The van der Waals surface area contributed by atoms with Crippen molar-refractivity contribution in [3.05, 3.63) is 63.4 Å². The fourth-order valence-corrected chi connectivity index (χ4v) is 5.43. The topological polar surface area (TPSA) is 138 Å². The summed E-state index contributed by atoms with van der Waals surface area (Å²) < 4.78 is 31.7. The summed E-state index contributed by atoms with van der Waals surface area (Å²) in [5.41, 5.74) is 0.211. The van der Waals surface area contributed by atoms with Gasteiger partial charge in [-0.3, -0.25) is 19.7 Å². The monoisotopic (exact) mass is 491 g/mol. The number of amides is 1. The summed E-state index contributed by atoms with van der Waals surface area (Å²) in [4.78, 5) is 39.5. The summed E-state index contributed by atoms with van der Waals surface area (Å²) in [6, 6.07) is 12.1. The first-order chi connectivity index (χ1) is 15.7. The highest BCUT2D eigenvalue weighted by atomic mass is 32.2. The van der Waals surface area contributed by atoms with Gasteiger partial charge in [0.25, 0.3) is 5.69 Å². The van der Waals surface area contributed by atoms with Gasteiger partial charge in [-0.25, -0.2) is 8.42 Å². The van der Waals surface area contributed by atoms with E-state index in [0.717, 1.165) is 11.3 Å². The van der Waals surface area contributed by atoms with Crippen LogP contribution in [0.3, 0.4) is 0 Å². The largest absolute Gasteiger partial charge is 0.465 e. The molecule has 10 nitrogen and oxygen atoms in total. The number of aromatic nitrogens is 1. The molecule has 1 heterocycles. The Morgan fingerprint density at radius 1 is 1.18 bits per heavy atom. The molecule has 1 amide bonds. The van der Waals surface area contributed by atoms with Crippen molar-refractivity contribution in [1.82, 2.24) is 4.57 Å². The van der Waals surface area contributed by atoms with E-state index in [1.807, 2.05) is 0 Å². The zero-order chi connectivity index (χ0) is 24.0. The van der Waals surface area contributed by atoms with Crippen molar-refractivity contribution in [1.29, 1.82) is 0 Å². The van der Waals surface area contributed by atoms with Crippen LogP contribution in [0.1, 0.15) is 19.8 Å². The van der Waals surface area contributed by atoms with Crippen LogP contribution < -0.4 is 4.80 Å². The molecule has 0 unspecified atom stereocenters. The van der Waals surface area contributed by atoms with Gasteiger partial charge in [-0.2, -0.15) is 4.99 Å². The van der Waals surface area contributed by atoms with E-state index in [1.165, 1.54) is 34.9 Å². The molecule has 33 heavy (non-hydrogen) atoms. The van der Waals surface area contributed by atoms with E-state index < -0.39 is 26.6 Å². The molecule has 0 N–H and O–H groups in total. The van der Waals surface area contributed by atoms with Gasteiger partial charge in [0.15, 0.2) is 14.6 Å². The normalized spacial score (nSPS) is 12.1. The SMILES string of the molecule is CCOC(=O)Cn1c(=NC(=O)CCCS(=O)(=O)c2ccccc2)sc2ccc([N+](=O)[O-])cc21. The minimum Gasteiger partial charge on any atom is -0.465 e. The molecule has 174 valence electrons. The van der Waals surface area contributed by atoms with Gasteiger partial charge in [0.2, 0.25) is 5.91 Å². The van der Waals surface area contributed by atoms with E-state index in [9.17, 15) is 28.1 Å². The number of fused-ring (bicyclic) bond motifs is 1. The van der Waals surface area contributed by atoms with Crippen LogP contribution in [0.5, 0.6) is 0 Å². The first kappa shape index (κ1) is 24.3. The predicted octanol–water partition coefficient (Wildman–Crippen LogP) is 2.86. The number of carbonyl (C=O) groups is 2. The molecule has 0 aliphatic heterocycles. The number of rotatable bonds is 9. The van der Waals surface area contributed by atoms with Crippen LogP contribution in [0.2, 0.25) is 0 Å². The second-order valence-electron chi connectivity index (χ2n) is 6.93. The van der Waals surface area contributed by atoms with Crippen molar-refractivity contribution in [3.8, 4) is 0 Å². The van der Waals surface area contributed by atoms with Gasteiger partial charge >= 0.3 is 5.97 Å². The van der Waals surface area contributed by atoms with Crippen LogP contribution in [0, 0.1) is 10.1 Å². The number of esters is 1. The minimum atomic E-state index is -3.51. The summed E-state index contributed by atoms with van der Waals surface area (Å²) in [6.45, 7) is 1.53. The Bertz CT molecular complexity index is 1360. The Morgan fingerprint density at radius 2 is 1.91 bits per heavy atom. The number of non-ortho nitro benzene ring substituents is 1. The third-order valence-electron chi connectivity index (χ3n) is 4.60. The van der Waals surface area contributed by atoms with Gasteiger partial charge in [-0.05, 0) is 31.5 Å². The van der Waals surface area contributed by atoms with Gasteiger partial charge in [0.05, 0.1) is 32.4 Å². The molecule has 0 spiro atoms. The average Bonchev–Trinajstić information content (AvgIpc) is 3.10. The number of sulfone groups is 1. The maximum absolute atomic E-state index is 12.5. The van der Waals surface area contributed by atoms with Crippen molar-refractivity contribution in [2.45, 2.75) is 31.2 Å². The van der Waals surface area contributed by atoms with E-state index >= 15 is 0 Å². The zero-order valence-corrected chi connectivity index (χ0v) is 19.3. The van der Waals surface area contributed by atoms with Crippen LogP contribution in [-0.4, -0.2) is 42.1 Å². The fourth-order valence-electron chi connectivity index (χ4n) is 3.07. The third-order valence-corrected chi connectivity index (χ3v) is 7.47. The lowest BCUT2D eigenvalue weighted by Crippen LogP contribution is -2.23. The molecule has 0 aliphatic carbocycles. The standard InChI is InChI=1S/C21H21N3O7S2/c1-2-31-20(26)14-23-17-13-15(24(27)28)10-11-18(17)32-21(23)22-19(25)9-6-12-33(29,30)16-7-4-3-5-8-16/h3-5,7-8,10-11,13H,2,6,9,12,14H2,1H3.